The Morgan fingerprint density at radius 3 is 2.70 bits per heavy atom. The molecule has 4 heterocycles. The SMILES string of the molecule is C=CCn1ncc2ccc(Nc3ncc(N4CCC(NCc5ccccn5)CC4)c(N[C@H]4c5ccccc5C[C@H]4O)n3)cc21. The van der Waals surface area contributed by atoms with Crippen LogP contribution in [0.1, 0.15) is 35.7 Å². The van der Waals surface area contributed by atoms with Crippen molar-refractivity contribution < 1.29 is 5.11 Å². The molecule has 10 nitrogen and oxygen atoms in total. The molecule has 0 bridgehead atoms. The highest BCUT2D eigenvalue weighted by atomic mass is 16.3. The monoisotopic (exact) mass is 587 g/mol. The zero-order valence-electron chi connectivity index (χ0n) is 24.6. The number of piperidine rings is 1. The first kappa shape index (κ1) is 28.0. The summed E-state index contributed by atoms with van der Waals surface area (Å²) < 4.78 is 1.91. The van der Waals surface area contributed by atoms with E-state index in [2.05, 4.69) is 61.8 Å². The van der Waals surface area contributed by atoms with Gasteiger partial charge in [0.15, 0.2) is 5.82 Å². The number of aliphatic hydroxyl groups is 1. The van der Waals surface area contributed by atoms with Crippen LogP contribution in [0.3, 0.4) is 0 Å². The third-order valence-corrected chi connectivity index (χ3v) is 8.60. The molecule has 0 amide bonds. The van der Waals surface area contributed by atoms with Crippen LogP contribution < -0.4 is 20.9 Å². The van der Waals surface area contributed by atoms with Gasteiger partial charge in [-0.25, -0.2) is 4.98 Å². The van der Waals surface area contributed by atoms with Crippen molar-refractivity contribution in [1.82, 2.24) is 30.0 Å². The lowest BCUT2D eigenvalue weighted by Crippen LogP contribution is -2.42. The Balaban J connectivity index is 1.13. The van der Waals surface area contributed by atoms with Crippen LogP contribution in [0.15, 0.2) is 91.9 Å². The van der Waals surface area contributed by atoms with Crippen LogP contribution in [0, 0.1) is 0 Å². The summed E-state index contributed by atoms with van der Waals surface area (Å²) in [5, 5.41) is 27.3. The number of hydrogen-bond acceptors (Lipinski definition) is 9. The van der Waals surface area contributed by atoms with Crippen molar-refractivity contribution in [2.75, 3.05) is 28.6 Å². The number of nitrogens with one attached hydrogen (secondary N) is 3. The van der Waals surface area contributed by atoms with Crippen LogP contribution in [0.25, 0.3) is 10.9 Å². The van der Waals surface area contributed by atoms with E-state index in [1.165, 1.54) is 0 Å². The molecule has 0 spiro atoms. The molecule has 1 aliphatic carbocycles. The van der Waals surface area contributed by atoms with Gasteiger partial charge in [-0.15, -0.1) is 6.58 Å². The largest absolute Gasteiger partial charge is 0.390 e. The number of fused-ring (bicyclic) bond motifs is 2. The van der Waals surface area contributed by atoms with Crippen molar-refractivity contribution in [3.05, 3.63) is 109 Å². The minimum Gasteiger partial charge on any atom is -0.390 e. The Kier molecular flexibility index (Phi) is 7.91. The fraction of sp³-hybridized carbons (Fsp3) is 0.294. The topological polar surface area (TPSA) is 116 Å². The van der Waals surface area contributed by atoms with Gasteiger partial charge in [-0.3, -0.25) is 9.67 Å². The number of allylic oxidation sites excluding steroid dienone is 1. The van der Waals surface area contributed by atoms with Gasteiger partial charge in [0.1, 0.15) is 0 Å². The summed E-state index contributed by atoms with van der Waals surface area (Å²) in [5.41, 5.74) is 6.14. The second kappa shape index (κ2) is 12.4. The van der Waals surface area contributed by atoms with Gasteiger partial charge < -0.3 is 26.0 Å². The van der Waals surface area contributed by atoms with Gasteiger partial charge in [0.05, 0.1) is 48.0 Å². The molecule has 10 heteroatoms. The first-order valence-electron chi connectivity index (χ1n) is 15.3. The number of nitrogens with zero attached hydrogens (tertiary/aromatic N) is 6. The Morgan fingerprint density at radius 1 is 1.00 bits per heavy atom. The molecule has 1 saturated heterocycles. The summed E-state index contributed by atoms with van der Waals surface area (Å²) >= 11 is 0. The van der Waals surface area contributed by atoms with Crippen LogP contribution in [-0.4, -0.2) is 55.1 Å². The molecule has 3 aromatic heterocycles. The van der Waals surface area contributed by atoms with E-state index in [-0.39, 0.29) is 6.04 Å². The van der Waals surface area contributed by atoms with Gasteiger partial charge in [-0.2, -0.15) is 10.1 Å². The lowest BCUT2D eigenvalue weighted by molar-refractivity contribution is 0.165. The standard InChI is InChI=1S/C34H37N9O/c1-2-15-43-29-19-26(11-10-24(29)20-38-43)39-34-37-22-30(33(41-34)40-32-28-9-4-3-7-23(28)18-31(32)44)42-16-12-25(13-17-42)36-21-27-8-5-6-14-35-27/h2-11,14,19-20,22,25,31-32,36,44H,1,12-13,15-18,21H2,(H2,37,39,40,41)/t31-,32+/m1/s1. The summed E-state index contributed by atoms with van der Waals surface area (Å²) in [4.78, 5) is 16.5. The summed E-state index contributed by atoms with van der Waals surface area (Å²) in [5.74, 6) is 1.19. The maximum absolute atomic E-state index is 11.1. The van der Waals surface area contributed by atoms with E-state index < -0.39 is 6.10 Å². The smallest absolute Gasteiger partial charge is 0.229 e. The zero-order chi connectivity index (χ0) is 29.9. The van der Waals surface area contributed by atoms with Crippen LogP contribution in [0.5, 0.6) is 0 Å². The minimum atomic E-state index is -0.541. The summed E-state index contributed by atoms with van der Waals surface area (Å²) in [6, 6.07) is 20.5. The second-order valence-electron chi connectivity index (χ2n) is 11.5. The number of rotatable bonds is 10. The van der Waals surface area contributed by atoms with Gasteiger partial charge in [0, 0.05) is 49.4 Å². The Bertz CT molecular complexity index is 1750. The summed E-state index contributed by atoms with van der Waals surface area (Å²) in [6.07, 6.45) is 9.50. The second-order valence-corrected chi connectivity index (χ2v) is 11.5. The van der Waals surface area contributed by atoms with Gasteiger partial charge in [0.2, 0.25) is 5.95 Å². The minimum absolute atomic E-state index is 0.255. The molecule has 44 heavy (non-hydrogen) atoms. The van der Waals surface area contributed by atoms with E-state index in [0.717, 1.165) is 71.6 Å². The number of aromatic nitrogens is 5. The van der Waals surface area contributed by atoms with Crippen LogP contribution in [0.2, 0.25) is 0 Å². The van der Waals surface area contributed by atoms with Gasteiger partial charge in [-0.05, 0) is 54.3 Å². The molecule has 224 valence electrons. The normalized spacial score (nSPS) is 18.3. The van der Waals surface area contributed by atoms with Crippen molar-refractivity contribution in [3.8, 4) is 0 Å². The molecule has 1 fully saturated rings. The number of pyridine rings is 1. The Morgan fingerprint density at radius 2 is 1.86 bits per heavy atom. The van der Waals surface area contributed by atoms with Gasteiger partial charge >= 0.3 is 0 Å². The van der Waals surface area contributed by atoms with Crippen molar-refractivity contribution in [3.63, 3.8) is 0 Å². The Labute approximate surface area is 256 Å². The zero-order valence-corrected chi connectivity index (χ0v) is 24.6. The lowest BCUT2D eigenvalue weighted by atomic mass is 10.0. The molecule has 2 atom stereocenters. The predicted molar refractivity (Wildman–Crippen MR) is 174 cm³/mol. The highest BCUT2D eigenvalue weighted by molar-refractivity contribution is 5.83. The molecule has 5 aromatic rings. The number of hydrogen-bond donors (Lipinski definition) is 4. The highest BCUT2D eigenvalue weighted by Crippen LogP contribution is 2.37. The quantitative estimate of drug-likeness (QED) is 0.168. The van der Waals surface area contributed by atoms with E-state index in [4.69, 9.17) is 9.97 Å². The van der Waals surface area contributed by atoms with Gasteiger partial charge in [0.25, 0.3) is 0 Å². The molecule has 0 saturated carbocycles. The van der Waals surface area contributed by atoms with Crippen LogP contribution >= 0.6 is 0 Å². The van der Waals surface area contributed by atoms with Crippen LogP contribution in [-0.2, 0) is 19.5 Å². The van der Waals surface area contributed by atoms with E-state index in [9.17, 15) is 5.11 Å². The molecular formula is C34H37N9O. The first-order chi connectivity index (χ1) is 21.6. The lowest BCUT2D eigenvalue weighted by Gasteiger charge is -2.35. The van der Waals surface area contributed by atoms with E-state index in [0.29, 0.717) is 30.8 Å². The number of anilines is 4. The maximum atomic E-state index is 11.1. The third-order valence-electron chi connectivity index (χ3n) is 8.60. The van der Waals surface area contributed by atoms with Crippen molar-refractivity contribution in [2.24, 2.45) is 0 Å². The van der Waals surface area contributed by atoms with Crippen molar-refractivity contribution >= 4 is 34.0 Å². The fourth-order valence-corrected chi connectivity index (χ4v) is 6.29. The molecule has 4 N–H and O–H groups in total. The van der Waals surface area contributed by atoms with E-state index in [1.54, 1.807) is 0 Å². The van der Waals surface area contributed by atoms with Crippen LogP contribution in [0.4, 0.5) is 23.1 Å². The molecule has 0 radical (unpaired) electrons. The predicted octanol–water partition coefficient (Wildman–Crippen LogP) is 4.98. The summed E-state index contributed by atoms with van der Waals surface area (Å²) in [7, 11) is 0. The molecule has 0 unspecified atom stereocenters. The number of aliphatic hydroxyl groups excluding tert-OH is 1. The van der Waals surface area contributed by atoms with E-state index >= 15 is 0 Å². The first-order valence-corrected chi connectivity index (χ1v) is 15.3. The summed E-state index contributed by atoms with van der Waals surface area (Å²) in [6.45, 7) is 6.99. The fourth-order valence-electron chi connectivity index (χ4n) is 6.29. The van der Waals surface area contributed by atoms with Gasteiger partial charge in [-0.1, -0.05) is 36.4 Å². The average molecular weight is 588 g/mol. The molecule has 1 aliphatic heterocycles. The highest BCUT2D eigenvalue weighted by Gasteiger charge is 2.32. The Hall–Kier alpha value is -4.80. The van der Waals surface area contributed by atoms with Crippen molar-refractivity contribution in [2.45, 2.75) is 50.5 Å². The third kappa shape index (κ3) is 5.86. The van der Waals surface area contributed by atoms with Crippen molar-refractivity contribution in [1.29, 1.82) is 0 Å². The number of benzene rings is 2. The maximum Gasteiger partial charge on any atom is 0.229 e. The molecule has 2 aromatic carbocycles. The van der Waals surface area contributed by atoms with E-state index in [1.807, 2.05) is 65.7 Å². The average Bonchev–Trinajstić information content (AvgIpc) is 3.60. The molecule has 2 aliphatic rings. The molecular weight excluding hydrogens is 550 g/mol. The molecule has 7 rings (SSSR count).